The minimum Gasteiger partial charge on any atom is -0.456 e. The zero-order valence-corrected chi connectivity index (χ0v) is 36.6. The van der Waals surface area contributed by atoms with Crippen LogP contribution in [-0.4, -0.2) is 5.71 Å². The summed E-state index contributed by atoms with van der Waals surface area (Å²) >= 11 is 0. The van der Waals surface area contributed by atoms with Gasteiger partial charge < -0.3 is 8.83 Å². The molecule has 0 aliphatic carbocycles. The Bertz CT molecular complexity index is 3640. The lowest BCUT2D eigenvalue weighted by molar-refractivity contribution is 0.514. The van der Waals surface area contributed by atoms with Crippen LogP contribution in [-0.2, 0) is 0 Å². The van der Waals surface area contributed by atoms with Gasteiger partial charge in [-0.15, -0.1) is 0 Å². The van der Waals surface area contributed by atoms with Gasteiger partial charge in [0.25, 0.3) is 0 Å². The summed E-state index contributed by atoms with van der Waals surface area (Å²) in [7, 11) is 0. The minimum absolute atomic E-state index is 0.115. The Morgan fingerprint density at radius 1 is 0.477 bits per heavy atom. The van der Waals surface area contributed by atoms with E-state index in [4.69, 9.17) is 13.8 Å². The van der Waals surface area contributed by atoms with Gasteiger partial charge in [0.15, 0.2) is 0 Å². The van der Waals surface area contributed by atoms with Crippen LogP contribution in [0.25, 0.3) is 93.6 Å². The lowest BCUT2D eigenvalue weighted by atomic mass is 9.78. The van der Waals surface area contributed by atoms with E-state index in [0.717, 1.165) is 91.1 Å². The largest absolute Gasteiger partial charge is 0.456 e. The van der Waals surface area contributed by atoms with Crippen LogP contribution < -0.4 is 0 Å². The summed E-state index contributed by atoms with van der Waals surface area (Å²) in [6.07, 6.45) is 2.60. The maximum absolute atomic E-state index is 6.79. The molecular formula is C62H47NO2. The molecule has 2 unspecified atom stereocenters. The second-order valence-electron chi connectivity index (χ2n) is 17.6. The standard InChI is InChI=1S/C62H47NO2/c1-3-40-38-55(50-25-16-28-58-60(50)51-23-12-14-26-56(51)64-58)63-54(35-39(2)59(40)44-31-29-42(30-32-44)41-17-6-4-7-18-41)46-36-45-21-10-11-22-47(45)53(37-46)49-34-33-48(43-19-8-5-9-20-43)62-61(49)52-24-13-15-27-57(52)65-62/h4-34,36-37,40,55H,3,35,38H2,1-2H3. The summed E-state index contributed by atoms with van der Waals surface area (Å²) in [6.45, 7) is 4.68. The van der Waals surface area contributed by atoms with Crippen molar-refractivity contribution in [3.63, 3.8) is 0 Å². The van der Waals surface area contributed by atoms with Crippen molar-refractivity contribution in [3.05, 3.63) is 222 Å². The van der Waals surface area contributed by atoms with E-state index in [2.05, 4.69) is 214 Å². The van der Waals surface area contributed by atoms with Crippen molar-refractivity contribution in [3.8, 4) is 33.4 Å². The van der Waals surface area contributed by atoms with Crippen LogP contribution in [0.15, 0.2) is 220 Å². The van der Waals surface area contributed by atoms with E-state index in [1.54, 1.807) is 0 Å². The molecule has 2 atom stereocenters. The Morgan fingerprint density at radius 2 is 1.08 bits per heavy atom. The maximum Gasteiger partial charge on any atom is 0.143 e. The second-order valence-corrected chi connectivity index (χ2v) is 17.6. The van der Waals surface area contributed by atoms with Crippen molar-refractivity contribution < 1.29 is 8.83 Å². The average Bonchev–Trinajstić information content (AvgIpc) is 3.95. The Kier molecular flexibility index (Phi) is 9.64. The molecule has 3 heteroatoms. The van der Waals surface area contributed by atoms with Gasteiger partial charge in [-0.1, -0.05) is 176 Å². The number of benzene rings is 9. The predicted molar refractivity (Wildman–Crippen MR) is 273 cm³/mol. The first-order valence-corrected chi connectivity index (χ1v) is 22.9. The average molecular weight is 838 g/mol. The summed E-state index contributed by atoms with van der Waals surface area (Å²) in [4.78, 5) is 5.96. The molecule has 11 aromatic rings. The quantitative estimate of drug-likeness (QED) is 0.160. The Hall–Kier alpha value is -7.75. The van der Waals surface area contributed by atoms with Gasteiger partial charge in [-0.2, -0.15) is 0 Å². The first kappa shape index (κ1) is 38.9. The van der Waals surface area contributed by atoms with E-state index < -0.39 is 0 Å². The van der Waals surface area contributed by atoms with Gasteiger partial charge in [0, 0.05) is 39.2 Å². The van der Waals surface area contributed by atoms with Gasteiger partial charge in [-0.25, -0.2) is 0 Å². The van der Waals surface area contributed by atoms with Crippen LogP contribution in [0.1, 0.15) is 55.8 Å². The van der Waals surface area contributed by atoms with Crippen LogP contribution in [0.3, 0.4) is 0 Å². The smallest absolute Gasteiger partial charge is 0.143 e. The van der Waals surface area contributed by atoms with E-state index in [0.29, 0.717) is 5.92 Å². The SMILES string of the molecule is CCC1CC(c2cccc3oc4ccccc4c23)N=C(c2cc(-c3ccc(-c4ccccc4)c4oc5ccccc5c34)c3ccccc3c2)CC(C)=C1c1ccc(-c2ccccc2)cc1. The van der Waals surface area contributed by atoms with E-state index in [1.165, 1.54) is 49.7 Å². The molecule has 0 amide bonds. The van der Waals surface area contributed by atoms with Gasteiger partial charge in [-0.05, 0) is 123 Å². The molecule has 12 rings (SSSR count). The number of furan rings is 2. The van der Waals surface area contributed by atoms with Crippen molar-refractivity contribution in [2.45, 2.75) is 39.2 Å². The maximum atomic E-state index is 6.79. The Morgan fingerprint density at radius 3 is 1.83 bits per heavy atom. The fraction of sp³-hybridized carbons (Fsp3) is 0.113. The molecule has 1 aliphatic heterocycles. The second kappa shape index (κ2) is 16.1. The summed E-state index contributed by atoms with van der Waals surface area (Å²) in [5.41, 5.74) is 18.1. The molecule has 0 N–H and O–H groups in total. The van der Waals surface area contributed by atoms with Gasteiger partial charge in [0.05, 0.1) is 6.04 Å². The van der Waals surface area contributed by atoms with Crippen LogP contribution in [0.5, 0.6) is 0 Å². The van der Waals surface area contributed by atoms with Crippen molar-refractivity contribution in [1.29, 1.82) is 0 Å². The molecule has 0 bridgehead atoms. The summed E-state index contributed by atoms with van der Waals surface area (Å²) < 4.78 is 13.3. The lowest BCUT2D eigenvalue weighted by Crippen LogP contribution is -2.17. The first-order valence-electron chi connectivity index (χ1n) is 22.9. The van der Waals surface area contributed by atoms with Crippen molar-refractivity contribution in [2.75, 3.05) is 0 Å². The summed E-state index contributed by atoms with van der Waals surface area (Å²) in [5, 5.41) is 6.92. The molecule has 0 saturated carbocycles. The third-order valence-electron chi connectivity index (χ3n) is 13.8. The molecule has 1 aliphatic rings. The lowest BCUT2D eigenvalue weighted by Gasteiger charge is -2.30. The molecule has 3 nitrogen and oxygen atoms in total. The first-order chi connectivity index (χ1) is 32.1. The number of fused-ring (bicyclic) bond motifs is 7. The van der Waals surface area contributed by atoms with Crippen LogP contribution in [0.2, 0.25) is 0 Å². The summed E-state index contributed by atoms with van der Waals surface area (Å²) in [5.74, 6) is 0.291. The molecule has 2 aromatic heterocycles. The molecule has 0 radical (unpaired) electrons. The summed E-state index contributed by atoms with van der Waals surface area (Å²) in [6, 6.07) is 72.0. The third kappa shape index (κ3) is 6.78. The Balaban J connectivity index is 1.08. The zero-order valence-electron chi connectivity index (χ0n) is 36.6. The highest BCUT2D eigenvalue weighted by Crippen LogP contribution is 2.47. The van der Waals surface area contributed by atoms with Gasteiger partial charge in [0.1, 0.15) is 22.3 Å². The predicted octanol–water partition coefficient (Wildman–Crippen LogP) is 17.5. The third-order valence-corrected chi connectivity index (χ3v) is 13.8. The molecule has 312 valence electrons. The van der Waals surface area contributed by atoms with Gasteiger partial charge >= 0.3 is 0 Å². The molecule has 0 saturated heterocycles. The fourth-order valence-electron chi connectivity index (χ4n) is 10.7. The number of nitrogens with zero attached hydrogens (tertiary/aromatic N) is 1. The van der Waals surface area contributed by atoms with Crippen molar-refractivity contribution >= 4 is 65.9 Å². The fourth-order valence-corrected chi connectivity index (χ4v) is 10.7. The Labute approximate surface area is 379 Å². The number of hydrogen-bond acceptors (Lipinski definition) is 3. The molecule has 65 heavy (non-hydrogen) atoms. The topological polar surface area (TPSA) is 38.6 Å². The van der Waals surface area contributed by atoms with Gasteiger partial charge in [-0.3, -0.25) is 4.99 Å². The number of para-hydroxylation sites is 2. The zero-order chi connectivity index (χ0) is 43.4. The number of allylic oxidation sites excluding steroid dienone is 2. The highest BCUT2D eigenvalue weighted by molar-refractivity contribution is 6.19. The minimum atomic E-state index is -0.115. The van der Waals surface area contributed by atoms with E-state index >= 15 is 0 Å². The molecule has 0 fully saturated rings. The van der Waals surface area contributed by atoms with Crippen molar-refractivity contribution in [1.82, 2.24) is 0 Å². The van der Waals surface area contributed by atoms with Crippen LogP contribution >= 0.6 is 0 Å². The van der Waals surface area contributed by atoms with E-state index in [1.807, 2.05) is 0 Å². The highest BCUT2D eigenvalue weighted by atomic mass is 16.3. The molecule has 0 spiro atoms. The number of rotatable bonds is 7. The molecule has 9 aromatic carbocycles. The number of hydrogen-bond donors (Lipinski definition) is 0. The monoisotopic (exact) mass is 837 g/mol. The van der Waals surface area contributed by atoms with Crippen LogP contribution in [0, 0.1) is 5.92 Å². The number of aliphatic imine (C=N–C) groups is 1. The normalized spacial score (nSPS) is 15.8. The van der Waals surface area contributed by atoms with Gasteiger partial charge in [0.2, 0.25) is 0 Å². The molecule has 3 heterocycles. The van der Waals surface area contributed by atoms with E-state index in [9.17, 15) is 0 Å². The van der Waals surface area contributed by atoms with Crippen molar-refractivity contribution in [2.24, 2.45) is 10.9 Å². The van der Waals surface area contributed by atoms with E-state index in [-0.39, 0.29) is 6.04 Å². The highest BCUT2D eigenvalue weighted by Gasteiger charge is 2.29. The van der Waals surface area contributed by atoms with Crippen LogP contribution in [0.4, 0.5) is 0 Å². The molecular weight excluding hydrogens is 791 g/mol.